The predicted octanol–water partition coefficient (Wildman–Crippen LogP) is 4.39. The van der Waals surface area contributed by atoms with E-state index in [1.165, 1.54) is 6.07 Å². The number of rotatable bonds is 4. The first-order valence-electron chi connectivity index (χ1n) is 6.70. The van der Waals surface area contributed by atoms with E-state index in [1.807, 2.05) is 13.8 Å². The van der Waals surface area contributed by atoms with Gasteiger partial charge in [0.15, 0.2) is 0 Å². The summed E-state index contributed by atoms with van der Waals surface area (Å²) in [6.07, 6.45) is 2.26. The average Bonchev–Trinajstić information content (AvgIpc) is 3.14. The number of nitrogens with zero attached hydrogens (tertiary/aromatic N) is 1. The monoisotopic (exact) mass is 310 g/mol. The zero-order chi connectivity index (χ0) is 14.3. The van der Waals surface area contributed by atoms with Crippen LogP contribution in [0, 0.1) is 19.7 Å². The van der Waals surface area contributed by atoms with Crippen molar-refractivity contribution >= 4 is 22.9 Å². The summed E-state index contributed by atoms with van der Waals surface area (Å²) in [5.41, 5.74) is 1.51. The summed E-state index contributed by atoms with van der Waals surface area (Å²) in [4.78, 5) is 5.74. The molecule has 0 aliphatic heterocycles. The first-order valence-corrected chi connectivity index (χ1v) is 7.89. The van der Waals surface area contributed by atoms with Crippen LogP contribution in [-0.4, -0.2) is 11.0 Å². The second-order valence-electron chi connectivity index (χ2n) is 5.20. The average molecular weight is 311 g/mol. The quantitative estimate of drug-likeness (QED) is 0.905. The van der Waals surface area contributed by atoms with E-state index in [-0.39, 0.29) is 11.9 Å². The number of aryl methyl sites for hydroxylation is 2. The predicted molar refractivity (Wildman–Crippen MR) is 81.0 cm³/mol. The van der Waals surface area contributed by atoms with Crippen molar-refractivity contribution in [2.75, 3.05) is 0 Å². The molecule has 3 rings (SSSR count). The highest BCUT2D eigenvalue weighted by atomic mass is 35.5. The molecule has 1 fully saturated rings. The molecular formula is C15H16ClFN2S. The molecule has 0 amide bonds. The molecule has 0 bridgehead atoms. The molecule has 1 aromatic heterocycles. The molecule has 0 radical (unpaired) electrons. The van der Waals surface area contributed by atoms with Crippen molar-refractivity contribution in [3.63, 3.8) is 0 Å². The van der Waals surface area contributed by atoms with Crippen LogP contribution >= 0.6 is 22.9 Å². The summed E-state index contributed by atoms with van der Waals surface area (Å²) < 4.78 is 14.2. The lowest BCUT2D eigenvalue weighted by molar-refractivity contribution is 0.544. The second-order valence-corrected chi connectivity index (χ2v) is 6.84. The maximum atomic E-state index is 14.2. The maximum Gasteiger partial charge on any atom is 0.129 e. The van der Waals surface area contributed by atoms with Gasteiger partial charge in [0.25, 0.3) is 0 Å². The van der Waals surface area contributed by atoms with Crippen LogP contribution in [0.4, 0.5) is 4.39 Å². The molecule has 2 aromatic rings. The van der Waals surface area contributed by atoms with Crippen molar-refractivity contribution in [2.24, 2.45) is 0 Å². The van der Waals surface area contributed by atoms with Gasteiger partial charge in [0.2, 0.25) is 0 Å². The van der Waals surface area contributed by atoms with Crippen LogP contribution in [0.3, 0.4) is 0 Å². The van der Waals surface area contributed by atoms with Crippen LogP contribution in [0.15, 0.2) is 18.2 Å². The summed E-state index contributed by atoms with van der Waals surface area (Å²) in [5.74, 6) is -0.277. The summed E-state index contributed by atoms with van der Waals surface area (Å²) >= 11 is 7.83. The summed E-state index contributed by atoms with van der Waals surface area (Å²) in [5, 5.41) is 4.81. The second kappa shape index (κ2) is 5.43. The van der Waals surface area contributed by atoms with Gasteiger partial charge in [-0.2, -0.15) is 0 Å². The molecule has 1 saturated carbocycles. The van der Waals surface area contributed by atoms with E-state index in [9.17, 15) is 4.39 Å². The van der Waals surface area contributed by atoms with E-state index in [1.54, 1.807) is 23.5 Å². The van der Waals surface area contributed by atoms with Crippen molar-refractivity contribution in [2.45, 2.75) is 38.8 Å². The zero-order valence-electron chi connectivity index (χ0n) is 11.4. The van der Waals surface area contributed by atoms with E-state index >= 15 is 0 Å². The molecule has 1 aliphatic rings. The fraction of sp³-hybridized carbons (Fsp3) is 0.400. The van der Waals surface area contributed by atoms with Gasteiger partial charge < -0.3 is 5.32 Å². The molecule has 1 aliphatic carbocycles. The molecule has 2 nitrogen and oxygen atoms in total. The van der Waals surface area contributed by atoms with Crippen molar-refractivity contribution in [3.05, 3.63) is 50.2 Å². The third kappa shape index (κ3) is 2.73. The minimum Gasteiger partial charge on any atom is -0.301 e. The van der Waals surface area contributed by atoms with Gasteiger partial charge in [-0.1, -0.05) is 17.7 Å². The first kappa shape index (κ1) is 14.0. The van der Waals surface area contributed by atoms with E-state index in [2.05, 4.69) is 10.3 Å². The Hall–Kier alpha value is -0.970. The van der Waals surface area contributed by atoms with Gasteiger partial charge in [-0.3, -0.25) is 0 Å². The lowest BCUT2D eigenvalue weighted by Gasteiger charge is -2.18. The number of hydrogen-bond acceptors (Lipinski definition) is 3. The van der Waals surface area contributed by atoms with Gasteiger partial charge in [-0.25, -0.2) is 9.37 Å². The molecule has 1 unspecified atom stereocenters. The molecule has 106 valence electrons. The molecule has 1 N–H and O–H groups in total. The number of thiazole rings is 1. The van der Waals surface area contributed by atoms with Crippen molar-refractivity contribution in [3.8, 4) is 0 Å². The molecule has 5 heteroatoms. The van der Waals surface area contributed by atoms with Crippen LogP contribution in [0.5, 0.6) is 0 Å². The number of halogens is 2. The Morgan fingerprint density at radius 2 is 2.15 bits per heavy atom. The lowest BCUT2D eigenvalue weighted by atomic mass is 10.1. The highest BCUT2D eigenvalue weighted by molar-refractivity contribution is 7.11. The molecule has 20 heavy (non-hydrogen) atoms. The molecule has 1 aromatic carbocycles. The lowest BCUT2D eigenvalue weighted by Crippen LogP contribution is -2.25. The minimum absolute atomic E-state index is 0.256. The number of aromatic nitrogens is 1. The molecule has 0 spiro atoms. The Morgan fingerprint density at radius 3 is 2.70 bits per heavy atom. The standard InChI is InChI=1S/C15H16ClFN2S/c1-8-9(2)20-15(18-8)14(19-10-6-7-10)13-11(16)4-3-5-12(13)17/h3-5,10,14,19H,6-7H2,1-2H3. The van der Waals surface area contributed by atoms with Gasteiger partial charge in [0.1, 0.15) is 10.8 Å². The third-order valence-corrected chi connectivity index (χ3v) is 5.03. The fourth-order valence-corrected chi connectivity index (χ4v) is 3.44. The van der Waals surface area contributed by atoms with E-state index in [0.29, 0.717) is 16.6 Å². The van der Waals surface area contributed by atoms with Crippen molar-refractivity contribution in [1.29, 1.82) is 0 Å². The Labute approximate surface area is 127 Å². The van der Waals surface area contributed by atoms with E-state index < -0.39 is 0 Å². The topological polar surface area (TPSA) is 24.9 Å². The summed E-state index contributed by atoms with van der Waals surface area (Å²) in [7, 11) is 0. The fourth-order valence-electron chi connectivity index (χ4n) is 2.17. The number of nitrogens with one attached hydrogen (secondary N) is 1. The normalized spacial score (nSPS) is 16.4. The summed E-state index contributed by atoms with van der Waals surface area (Å²) in [6.45, 7) is 4.01. The molecular weight excluding hydrogens is 295 g/mol. The van der Waals surface area contributed by atoms with Crippen LogP contribution in [0.1, 0.15) is 40.0 Å². The Morgan fingerprint density at radius 1 is 1.40 bits per heavy atom. The van der Waals surface area contributed by atoms with Crippen molar-refractivity contribution < 1.29 is 4.39 Å². The van der Waals surface area contributed by atoms with Gasteiger partial charge in [0.05, 0.1) is 11.7 Å². The van der Waals surface area contributed by atoms with Crippen LogP contribution < -0.4 is 5.32 Å². The smallest absolute Gasteiger partial charge is 0.129 e. The van der Waals surface area contributed by atoms with Crippen molar-refractivity contribution in [1.82, 2.24) is 10.3 Å². The maximum absolute atomic E-state index is 14.2. The largest absolute Gasteiger partial charge is 0.301 e. The van der Waals surface area contributed by atoms with E-state index in [0.717, 1.165) is 28.4 Å². The first-order chi connectivity index (χ1) is 9.56. The Kier molecular flexibility index (Phi) is 3.80. The number of benzene rings is 1. The Bertz CT molecular complexity index is 597. The third-order valence-electron chi connectivity index (χ3n) is 3.56. The number of hydrogen-bond donors (Lipinski definition) is 1. The van der Waals surface area contributed by atoms with Gasteiger partial charge in [-0.15, -0.1) is 11.3 Å². The highest BCUT2D eigenvalue weighted by Crippen LogP contribution is 2.36. The van der Waals surface area contributed by atoms with Gasteiger partial charge in [0, 0.05) is 21.5 Å². The Balaban J connectivity index is 2.05. The van der Waals surface area contributed by atoms with Crippen LogP contribution in [0.25, 0.3) is 0 Å². The van der Waals surface area contributed by atoms with Gasteiger partial charge in [-0.05, 0) is 38.8 Å². The minimum atomic E-state index is -0.277. The van der Waals surface area contributed by atoms with E-state index in [4.69, 9.17) is 11.6 Å². The SMILES string of the molecule is Cc1nc(C(NC2CC2)c2c(F)cccc2Cl)sc1C. The van der Waals surface area contributed by atoms with Crippen LogP contribution in [0.2, 0.25) is 5.02 Å². The van der Waals surface area contributed by atoms with Gasteiger partial charge >= 0.3 is 0 Å². The molecule has 1 atom stereocenters. The molecule has 0 saturated heterocycles. The molecule has 1 heterocycles. The summed E-state index contributed by atoms with van der Waals surface area (Å²) in [6, 6.07) is 5.01. The van der Waals surface area contributed by atoms with Crippen LogP contribution in [-0.2, 0) is 0 Å². The highest BCUT2D eigenvalue weighted by Gasteiger charge is 2.31. The zero-order valence-corrected chi connectivity index (χ0v) is 13.0.